The lowest BCUT2D eigenvalue weighted by molar-refractivity contribution is -0.0328. The fraction of sp³-hybridized carbons (Fsp3) is 0.600. The third kappa shape index (κ3) is 2.58. The predicted octanol–water partition coefficient (Wildman–Crippen LogP) is 2.52. The van der Waals surface area contributed by atoms with Crippen molar-refractivity contribution in [1.29, 1.82) is 0 Å². The number of aliphatic hydroxyl groups is 1. The van der Waals surface area contributed by atoms with Crippen molar-refractivity contribution in [1.82, 2.24) is 5.32 Å². The number of aryl methyl sites for hydroxylation is 1. The van der Waals surface area contributed by atoms with Gasteiger partial charge in [0.2, 0.25) is 0 Å². The maximum absolute atomic E-state index is 10.2. The van der Waals surface area contributed by atoms with Crippen LogP contribution in [0.15, 0.2) is 24.3 Å². The van der Waals surface area contributed by atoms with E-state index in [1.807, 2.05) is 11.8 Å². The lowest BCUT2D eigenvalue weighted by atomic mass is 9.80. The minimum atomic E-state index is -0.425. The minimum absolute atomic E-state index is 0.401. The molecule has 1 aromatic rings. The van der Waals surface area contributed by atoms with Crippen molar-refractivity contribution < 1.29 is 5.11 Å². The van der Waals surface area contributed by atoms with Crippen molar-refractivity contribution in [2.75, 3.05) is 18.1 Å². The molecule has 1 aliphatic heterocycles. The van der Waals surface area contributed by atoms with Crippen molar-refractivity contribution in [3.63, 3.8) is 0 Å². The molecule has 1 unspecified atom stereocenters. The largest absolute Gasteiger partial charge is 0.389 e. The van der Waals surface area contributed by atoms with Gasteiger partial charge in [-0.05, 0) is 42.6 Å². The normalized spacial score (nSPS) is 25.9. The van der Waals surface area contributed by atoms with Gasteiger partial charge in [-0.3, -0.25) is 0 Å². The summed E-state index contributed by atoms with van der Waals surface area (Å²) in [5, 5.41) is 13.8. The molecular weight excluding hydrogens is 242 g/mol. The SMILES string of the molecule is OC1(CNC2CSCCc3ccccc32)CCC1. The highest BCUT2D eigenvalue weighted by Gasteiger charge is 2.34. The summed E-state index contributed by atoms with van der Waals surface area (Å²) in [4.78, 5) is 0. The Hall–Kier alpha value is -0.510. The molecule has 0 saturated heterocycles. The molecule has 1 heterocycles. The van der Waals surface area contributed by atoms with Crippen LogP contribution >= 0.6 is 11.8 Å². The molecule has 0 spiro atoms. The van der Waals surface area contributed by atoms with Crippen LogP contribution in [-0.2, 0) is 6.42 Å². The van der Waals surface area contributed by atoms with Gasteiger partial charge >= 0.3 is 0 Å². The van der Waals surface area contributed by atoms with Crippen LogP contribution in [0.25, 0.3) is 0 Å². The van der Waals surface area contributed by atoms with Gasteiger partial charge in [-0.2, -0.15) is 11.8 Å². The van der Waals surface area contributed by atoms with Crippen LogP contribution < -0.4 is 5.32 Å². The predicted molar refractivity (Wildman–Crippen MR) is 77.0 cm³/mol. The molecule has 0 aromatic heterocycles. The zero-order valence-corrected chi connectivity index (χ0v) is 11.5. The maximum atomic E-state index is 10.2. The topological polar surface area (TPSA) is 32.3 Å². The van der Waals surface area contributed by atoms with Crippen molar-refractivity contribution >= 4 is 11.8 Å². The molecule has 2 N–H and O–H groups in total. The van der Waals surface area contributed by atoms with E-state index in [4.69, 9.17) is 0 Å². The summed E-state index contributed by atoms with van der Waals surface area (Å²) >= 11 is 2.01. The van der Waals surface area contributed by atoms with Gasteiger partial charge < -0.3 is 10.4 Å². The Morgan fingerprint density at radius 3 is 2.94 bits per heavy atom. The number of thioether (sulfide) groups is 1. The van der Waals surface area contributed by atoms with Crippen LogP contribution in [0.2, 0.25) is 0 Å². The highest BCUT2D eigenvalue weighted by molar-refractivity contribution is 7.99. The van der Waals surface area contributed by atoms with Gasteiger partial charge in [0.1, 0.15) is 0 Å². The van der Waals surface area contributed by atoms with Crippen LogP contribution in [-0.4, -0.2) is 28.8 Å². The van der Waals surface area contributed by atoms with E-state index >= 15 is 0 Å². The smallest absolute Gasteiger partial charge is 0.0771 e. The standard InChI is InChI=1S/C15H21NOS/c17-15(7-3-8-15)11-16-14-10-18-9-6-12-4-1-2-5-13(12)14/h1-2,4-5,14,16-17H,3,6-11H2. The Morgan fingerprint density at radius 2 is 2.17 bits per heavy atom. The number of hydrogen-bond acceptors (Lipinski definition) is 3. The van der Waals surface area contributed by atoms with Gasteiger partial charge in [-0.1, -0.05) is 24.3 Å². The van der Waals surface area contributed by atoms with E-state index < -0.39 is 5.60 Å². The molecule has 0 amide bonds. The van der Waals surface area contributed by atoms with Gasteiger partial charge in [0.25, 0.3) is 0 Å². The third-order valence-electron chi connectivity index (χ3n) is 4.19. The van der Waals surface area contributed by atoms with E-state index in [-0.39, 0.29) is 0 Å². The summed E-state index contributed by atoms with van der Waals surface area (Å²) < 4.78 is 0. The molecule has 1 aliphatic carbocycles. The van der Waals surface area contributed by atoms with Gasteiger partial charge in [0, 0.05) is 18.3 Å². The lowest BCUT2D eigenvalue weighted by Gasteiger charge is -2.38. The average molecular weight is 263 g/mol. The fourth-order valence-corrected chi connectivity index (χ4v) is 3.88. The highest BCUT2D eigenvalue weighted by Crippen LogP contribution is 2.33. The summed E-state index contributed by atoms with van der Waals surface area (Å²) in [6, 6.07) is 9.14. The molecule has 98 valence electrons. The summed E-state index contributed by atoms with van der Waals surface area (Å²) in [5.74, 6) is 2.33. The van der Waals surface area contributed by atoms with Gasteiger partial charge in [0.05, 0.1) is 5.60 Å². The second kappa shape index (κ2) is 5.24. The van der Waals surface area contributed by atoms with Crippen molar-refractivity contribution in [3.05, 3.63) is 35.4 Å². The highest BCUT2D eigenvalue weighted by atomic mass is 32.2. The molecule has 18 heavy (non-hydrogen) atoms. The molecular formula is C15H21NOS. The Morgan fingerprint density at radius 1 is 1.33 bits per heavy atom. The number of rotatable bonds is 3. The monoisotopic (exact) mass is 263 g/mol. The molecule has 1 saturated carbocycles. The molecule has 1 atom stereocenters. The first-order chi connectivity index (χ1) is 8.77. The molecule has 2 aliphatic rings. The van der Waals surface area contributed by atoms with Gasteiger partial charge in [-0.25, -0.2) is 0 Å². The molecule has 0 bridgehead atoms. The summed E-state index contributed by atoms with van der Waals surface area (Å²) in [6.07, 6.45) is 4.26. The van der Waals surface area contributed by atoms with Crippen LogP contribution in [0.1, 0.15) is 36.4 Å². The first-order valence-corrected chi connectivity index (χ1v) is 8.04. The lowest BCUT2D eigenvalue weighted by Crippen LogP contribution is -2.47. The summed E-state index contributed by atoms with van der Waals surface area (Å²) in [6.45, 7) is 0.743. The third-order valence-corrected chi connectivity index (χ3v) is 5.25. The first-order valence-electron chi connectivity index (χ1n) is 6.88. The number of hydrogen-bond donors (Lipinski definition) is 2. The number of benzene rings is 1. The Balaban J connectivity index is 1.71. The average Bonchev–Trinajstić information content (AvgIpc) is 2.56. The Kier molecular flexibility index (Phi) is 3.64. The molecule has 1 aromatic carbocycles. The number of nitrogens with one attached hydrogen (secondary N) is 1. The first kappa shape index (κ1) is 12.5. The second-order valence-corrected chi connectivity index (χ2v) is 6.68. The number of fused-ring (bicyclic) bond motifs is 1. The molecule has 1 fully saturated rings. The van der Waals surface area contributed by atoms with E-state index in [9.17, 15) is 5.11 Å². The Labute approximate surface area is 113 Å². The van der Waals surface area contributed by atoms with E-state index in [1.54, 1.807) is 0 Å². The minimum Gasteiger partial charge on any atom is -0.389 e. The van der Waals surface area contributed by atoms with E-state index in [0.717, 1.165) is 25.1 Å². The second-order valence-electron chi connectivity index (χ2n) is 5.54. The van der Waals surface area contributed by atoms with Crippen LogP contribution in [0.5, 0.6) is 0 Å². The van der Waals surface area contributed by atoms with Crippen molar-refractivity contribution in [3.8, 4) is 0 Å². The zero-order chi connectivity index (χ0) is 12.4. The van der Waals surface area contributed by atoms with Crippen molar-refractivity contribution in [2.45, 2.75) is 37.3 Å². The summed E-state index contributed by atoms with van der Waals surface area (Å²) in [7, 11) is 0. The zero-order valence-electron chi connectivity index (χ0n) is 10.7. The van der Waals surface area contributed by atoms with Gasteiger partial charge in [-0.15, -0.1) is 0 Å². The van der Waals surface area contributed by atoms with Crippen LogP contribution in [0.3, 0.4) is 0 Å². The Bertz CT molecular complexity index is 417. The van der Waals surface area contributed by atoms with Gasteiger partial charge in [0.15, 0.2) is 0 Å². The fourth-order valence-electron chi connectivity index (χ4n) is 2.82. The maximum Gasteiger partial charge on any atom is 0.0771 e. The van der Waals surface area contributed by atoms with E-state index in [2.05, 4.69) is 29.6 Å². The molecule has 2 nitrogen and oxygen atoms in total. The quantitative estimate of drug-likeness (QED) is 0.879. The van der Waals surface area contributed by atoms with Crippen molar-refractivity contribution in [2.24, 2.45) is 0 Å². The molecule has 0 radical (unpaired) electrons. The molecule has 3 rings (SSSR count). The van der Waals surface area contributed by atoms with E-state index in [1.165, 1.54) is 29.7 Å². The van der Waals surface area contributed by atoms with E-state index in [0.29, 0.717) is 6.04 Å². The van der Waals surface area contributed by atoms with Crippen LogP contribution in [0, 0.1) is 0 Å². The molecule has 3 heteroatoms. The van der Waals surface area contributed by atoms with Crippen LogP contribution in [0.4, 0.5) is 0 Å². The summed E-state index contributed by atoms with van der Waals surface area (Å²) in [5.41, 5.74) is 2.48.